The van der Waals surface area contributed by atoms with Gasteiger partial charge in [-0.1, -0.05) is 11.2 Å². The van der Waals surface area contributed by atoms with Gasteiger partial charge in [-0.15, -0.1) is 5.10 Å². The molecule has 0 atom stereocenters. The van der Waals surface area contributed by atoms with Crippen molar-refractivity contribution in [3.05, 3.63) is 29.3 Å². The molecular formula is C10H14N6O2S. The third kappa shape index (κ3) is 2.88. The van der Waals surface area contributed by atoms with Crippen LogP contribution in [-0.2, 0) is 23.6 Å². The third-order valence-corrected chi connectivity index (χ3v) is 3.90. The highest BCUT2D eigenvalue weighted by Crippen LogP contribution is 2.17. The van der Waals surface area contributed by atoms with E-state index in [1.807, 2.05) is 6.92 Å². The highest BCUT2D eigenvalue weighted by molar-refractivity contribution is 7.92. The lowest BCUT2D eigenvalue weighted by atomic mass is 10.1. The van der Waals surface area contributed by atoms with Crippen LogP contribution in [0, 0.1) is 6.92 Å². The summed E-state index contributed by atoms with van der Waals surface area (Å²) in [4.78, 5) is 1.30. The molecule has 0 aliphatic carbocycles. The van der Waals surface area contributed by atoms with Crippen LogP contribution in [0.4, 0.5) is 5.95 Å². The highest BCUT2D eigenvalue weighted by Gasteiger charge is 2.17. The van der Waals surface area contributed by atoms with E-state index in [-0.39, 0.29) is 10.8 Å². The number of aromatic nitrogens is 4. The molecule has 1 aromatic heterocycles. The maximum absolute atomic E-state index is 12.1. The summed E-state index contributed by atoms with van der Waals surface area (Å²) in [5, 5.41) is 10.9. The minimum absolute atomic E-state index is 0.0666. The van der Waals surface area contributed by atoms with Gasteiger partial charge in [0.25, 0.3) is 16.0 Å². The molecule has 8 nitrogen and oxygen atoms in total. The van der Waals surface area contributed by atoms with Gasteiger partial charge >= 0.3 is 0 Å². The lowest BCUT2D eigenvalue weighted by Gasteiger charge is -2.07. The molecule has 9 heteroatoms. The first-order valence-corrected chi connectivity index (χ1v) is 6.97. The number of hydrogen-bond acceptors (Lipinski definition) is 6. The molecule has 2 aromatic rings. The molecule has 1 aromatic carbocycles. The van der Waals surface area contributed by atoms with Crippen LogP contribution in [0.15, 0.2) is 23.1 Å². The topological polar surface area (TPSA) is 116 Å². The molecule has 0 spiro atoms. The molecule has 2 rings (SSSR count). The number of hydrogen-bond donors (Lipinski definition) is 2. The SMILES string of the molecule is Cc1cc(S(=O)(=O)Nc2nnn(C)n2)ccc1CN. The van der Waals surface area contributed by atoms with Gasteiger partial charge in [0.15, 0.2) is 0 Å². The standard InChI is InChI=1S/C10H14N6O2S/c1-7-5-9(4-3-8(7)6-11)19(17,18)14-10-12-15-16(2)13-10/h3-5H,6,11H2,1-2H3,(H,13,14). The van der Waals surface area contributed by atoms with E-state index in [4.69, 9.17) is 5.73 Å². The Hall–Kier alpha value is -2.00. The maximum atomic E-state index is 12.1. The number of benzene rings is 1. The van der Waals surface area contributed by atoms with Crippen molar-refractivity contribution in [1.82, 2.24) is 20.2 Å². The minimum atomic E-state index is -3.72. The predicted octanol–water partition coefficient (Wildman–Crippen LogP) is -0.222. The normalized spacial score (nSPS) is 11.5. The average Bonchev–Trinajstić information content (AvgIpc) is 2.73. The Morgan fingerprint density at radius 1 is 1.42 bits per heavy atom. The number of nitrogens with zero attached hydrogens (tertiary/aromatic N) is 4. The highest BCUT2D eigenvalue weighted by atomic mass is 32.2. The predicted molar refractivity (Wildman–Crippen MR) is 68.7 cm³/mol. The van der Waals surface area contributed by atoms with Crippen LogP contribution >= 0.6 is 0 Å². The first-order chi connectivity index (χ1) is 8.92. The molecular weight excluding hydrogens is 268 g/mol. The van der Waals surface area contributed by atoms with E-state index in [0.717, 1.165) is 11.1 Å². The van der Waals surface area contributed by atoms with Crippen LogP contribution < -0.4 is 10.5 Å². The molecule has 0 bridgehead atoms. The summed E-state index contributed by atoms with van der Waals surface area (Å²) >= 11 is 0. The van der Waals surface area contributed by atoms with Crippen LogP contribution in [0.5, 0.6) is 0 Å². The zero-order chi connectivity index (χ0) is 14.0. The van der Waals surface area contributed by atoms with Gasteiger partial charge in [0, 0.05) is 6.54 Å². The van der Waals surface area contributed by atoms with E-state index < -0.39 is 10.0 Å². The fourth-order valence-corrected chi connectivity index (χ4v) is 2.59. The second-order valence-corrected chi connectivity index (χ2v) is 5.68. The van der Waals surface area contributed by atoms with Crippen LogP contribution in [0.1, 0.15) is 11.1 Å². The van der Waals surface area contributed by atoms with Crippen molar-refractivity contribution in [3.63, 3.8) is 0 Å². The number of anilines is 1. The number of nitrogens with two attached hydrogens (primary N) is 1. The number of rotatable bonds is 4. The number of aryl methyl sites for hydroxylation is 2. The van der Waals surface area contributed by atoms with E-state index in [2.05, 4.69) is 20.1 Å². The van der Waals surface area contributed by atoms with Crippen LogP contribution in [0.3, 0.4) is 0 Å². The molecule has 19 heavy (non-hydrogen) atoms. The van der Waals surface area contributed by atoms with Crippen molar-refractivity contribution in [2.45, 2.75) is 18.4 Å². The minimum Gasteiger partial charge on any atom is -0.326 e. The number of sulfonamides is 1. The van der Waals surface area contributed by atoms with Crippen LogP contribution in [0.2, 0.25) is 0 Å². The van der Waals surface area contributed by atoms with Gasteiger partial charge in [0.05, 0.1) is 11.9 Å². The lowest BCUT2D eigenvalue weighted by Crippen LogP contribution is -2.15. The Kier molecular flexibility index (Phi) is 3.49. The van der Waals surface area contributed by atoms with Gasteiger partial charge in [0.2, 0.25) is 0 Å². The van der Waals surface area contributed by atoms with E-state index in [1.54, 1.807) is 19.2 Å². The third-order valence-electron chi connectivity index (χ3n) is 2.58. The molecule has 1 heterocycles. The van der Waals surface area contributed by atoms with Gasteiger partial charge in [-0.25, -0.2) is 13.1 Å². The Labute approximate surface area is 110 Å². The summed E-state index contributed by atoms with van der Waals surface area (Å²) in [6, 6.07) is 4.74. The van der Waals surface area contributed by atoms with E-state index >= 15 is 0 Å². The van der Waals surface area contributed by atoms with Crippen molar-refractivity contribution in [2.75, 3.05) is 4.72 Å². The van der Waals surface area contributed by atoms with Gasteiger partial charge in [-0.2, -0.15) is 4.80 Å². The molecule has 3 N–H and O–H groups in total. The summed E-state index contributed by atoms with van der Waals surface area (Å²) in [5.74, 6) is -0.0666. The number of nitrogens with one attached hydrogen (secondary N) is 1. The monoisotopic (exact) mass is 282 g/mol. The Morgan fingerprint density at radius 2 is 2.16 bits per heavy atom. The molecule has 0 aliphatic rings. The second-order valence-electron chi connectivity index (χ2n) is 4.00. The van der Waals surface area contributed by atoms with Crippen LogP contribution in [-0.4, -0.2) is 28.6 Å². The summed E-state index contributed by atoms with van der Waals surface area (Å²) in [6.07, 6.45) is 0. The second kappa shape index (κ2) is 4.94. The van der Waals surface area contributed by atoms with Gasteiger partial charge in [-0.3, -0.25) is 0 Å². The zero-order valence-corrected chi connectivity index (χ0v) is 11.3. The Morgan fingerprint density at radius 3 is 2.68 bits per heavy atom. The largest absolute Gasteiger partial charge is 0.326 e. The van der Waals surface area contributed by atoms with Crippen molar-refractivity contribution >= 4 is 16.0 Å². The smallest absolute Gasteiger partial charge is 0.277 e. The molecule has 0 saturated heterocycles. The van der Waals surface area contributed by atoms with E-state index in [0.29, 0.717) is 6.54 Å². The molecule has 0 radical (unpaired) electrons. The van der Waals surface area contributed by atoms with Crippen LogP contribution in [0.25, 0.3) is 0 Å². The van der Waals surface area contributed by atoms with E-state index in [9.17, 15) is 8.42 Å². The molecule has 102 valence electrons. The number of tetrazole rings is 1. The Bertz CT molecular complexity index is 694. The fourth-order valence-electron chi connectivity index (χ4n) is 1.57. The van der Waals surface area contributed by atoms with Crippen molar-refractivity contribution in [1.29, 1.82) is 0 Å². The summed E-state index contributed by atoms with van der Waals surface area (Å²) in [6.45, 7) is 2.17. The van der Waals surface area contributed by atoms with Gasteiger partial charge in [0.1, 0.15) is 0 Å². The van der Waals surface area contributed by atoms with Gasteiger partial charge < -0.3 is 5.73 Å². The fraction of sp³-hybridized carbons (Fsp3) is 0.300. The first kappa shape index (κ1) is 13.4. The quantitative estimate of drug-likeness (QED) is 0.800. The molecule has 0 unspecified atom stereocenters. The summed E-state index contributed by atoms with van der Waals surface area (Å²) in [5.41, 5.74) is 7.26. The van der Waals surface area contributed by atoms with Gasteiger partial charge in [-0.05, 0) is 35.4 Å². The van der Waals surface area contributed by atoms with Crippen molar-refractivity contribution in [3.8, 4) is 0 Å². The molecule has 0 amide bonds. The molecule has 0 aliphatic heterocycles. The molecule has 0 fully saturated rings. The van der Waals surface area contributed by atoms with Crippen molar-refractivity contribution in [2.24, 2.45) is 12.8 Å². The maximum Gasteiger partial charge on any atom is 0.277 e. The summed E-state index contributed by atoms with van der Waals surface area (Å²) < 4.78 is 26.5. The summed E-state index contributed by atoms with van der Waals surface area (Å²) in [7, 11) is -2.17. The van der Waals surface area contributed by atoms with Crippen molar-refractivity contribution < 1.29 is 8.42 Å². The average molecular weight is 282 g/mol. The zero-order valence-electron chi connectivity index (χ0n) is 10.5. The van der Waals surface area contributed by atoms with E-state index in [1.165, 1.54) is 10.9 Å². The Balaban J connectivity index is 2.31. The first-order valence-electron chi connectivity index (χ1n) is 5.49. The lowest BCUT2D eigenvalue weighted by molar-refractivity contribution is 0.600. The molecule has 0 saturated carbocycles.